The summed E-state index contributed by atoms with van der Waals surface area (Å²) in [6.45, 7) is 0.496. The summed E-state index contributed by atoms with van der Waals surface area (Å²) < 4.78 is 4.70. The normalized spacial score (nSPS) is 11.9. The molecule has 0 aliphatic carbocycles. The van der Waals surface area contributed by atoms with Gasteiger partial charge in [-0.05, 0) is 44.4 Å². The molecule has 0 heterocycles. The van der Waals surface area contributed by atoms with E-state index in [-0.39, 0.29) is 18.1 Å². The van der Waals surface area contributed by atoms with Crippen LogP contribution in [-0.4, -0.2) is 23.4 Å². The smallest absolute Gasteiger partial charge is 0.303 e. The van der Waals surface area contributed by atoms with Crippen molar-refractivity contribution in [1.29, 1.82) is 0 Å². The molecule has 6 heteroatoms. The predicted molar refractivity (Wildman–Crippen MR) is 80.5 cm³/mol. The van der Waals surface area contributed by atoms with Crippen LogP contribution >= 0.6 is 11.9 Å². The highest BCUT2D eigenvalue weighted by Crippen LogP contribution is 2.26. The number of carbonyl (C=O) groups is 2. The van der Waals surface area contributed by atoms with Crippen molar-refractivity contribution < 1.29 is 19.0 Å². The Labute approximate surface area is 129 Å². The molecular weight excluding hydrogens is 294 g/mol. The molecule has 3 N–H and O–H groups in total. The van der Waals surface area contributed by atoms with Crippen molar-refractivity contribution in [3.8, 4) is 5.75 Å². The van der Waals surface area contributed by atoms with Crippen LogP contribution in [0.3, 0.4) is 0 Å². The Bertz CT molecular complexity index is 478. The lowest BCUT2D eigenvalue weighted by Gasteiger charge is -2.16. The Morgan fingerprint density at radius 2 is 1.90 bits per heavy atom. The Kier molecular flexibility index (Phi) is 7.79. The van der Waals surface area contributed by atoms with E-state index in [9.17, 15) is 9.59 Å². The number of halogens is 1. The highest BCUT2D eigenvalue weighted by atomic mass is 35.5. The molecule has 116 valence electrons. The number of ketones is 1. The number of para-hydroxylation sites is 1. The molecule has 0 aliphatic heterocycles. The van der Waals surface area contributed by atoms with Crippen LogP contribution < -0.4 is 10.0 Å². The van der Waals surface area contributed by atoms with E-state index in [1.807, 2.05) is 0 Å². The predicted octanol–water partition coefficient (Wildman–Crippen LogP) is 3.01. The lowest BCUT2D eigenvalue weighted by Crippen LogP contribution is -2.17. The average Bonchev–Trinajstić information content (AvgIpc) is 2.49. The summed E-state index contributed by atoms with van der Waals surface area (Å²) in [6.07, 6.45) is 2.38. The summed E-state index contributed by atoms with van der Waals surface area (Å²) in [4.78, 5) is 23.2. The van der Waals surface area contributed by atoms with E-state index < -0.39 is 5.97 Å². The number of Topliss-reactive ketones (excluding diaryl/α,β-unsaturated/α-hetero) is 1. The van der Waals surface area contributed by atoms with Crippen molar-refractivity contribution in [3.63, 3.8) is 0 Å². The Morgan fingerprint density at radius 1 is 1.24 bits per heavy atom. The van der Waals surface area contributed by atoms with E-state index in [0.29, 0.717) is 43.5 Å². The maximum absolute atomic E-state index is 12.6. The van der Waals surface area contributed by atoms with E-state index in [2.05, 4.69) is 0 Å². The first-order valence-electron chi connectivity index (χ1n) is 6.93. The zero-order valence-corrected chi connectivity index (χ0v) is 12.5. The number of carbonyl (C=O) groups excluding carboxylic acids is 1. The second kappa shape index (κ2) is 9.37. The molecule has 0 aromatic heterocycles. The van der Waals surface area contributed by atoms with Gasteiger partial charge in [0.05, 0.1) is 5.56 Å². The van der Waals surface area contributed by atoms with Crippen molar-refractivity contribution in [1.82, 2.24) is 0 Å². The molecule has 0 amide bonds. The number of carboxylic acid groups (broad SMARTS) is 1. The molecule has 0 aliphatic rings. The molecule has 0 spiro atoms. The zero-order chi connectivity index (χ0) is 15.7. The summed E-state index contributed by atoms with van der Waals surface area (Å²) in [5, 5.41) is 8.70. The molecule has 0 bridgehead atoms. The minimum absolute atomic E-state index is 0.0556. The molecule has 1 unspecified atom stereocenters. The fourth-order valence-corrected chi connectivity index (χ4v) is 2.36. The summed E-state index contributed by atoms with van der Waals surface area (Å²) in [5.74, 6) is -0.879. The van der Waals surface area contributed by atoms with Gasteiger partial charge in [0.15, 0.2) is 11.5 Å². The van der Waals surface area contributed by atoms with Crippen molar-refractivity contribution in [3.05, 3.63) is 29.8 Å². The fourth-order valence-electron chi connectivity index (χ4n) is 2.23. The lowest BCUT2D eigenvalue weighted by atomic mass is 9.88. The summed E-state index contributed by atoms with van der Waals surface area (Å²) in [7, 11) is 0. The number of rotatable bonds is 10. The number of nitrogens with two attached hydrogens (primary N) is 1. The molecule has 1 aromatic carbocycles. The Hall–Kier alpha value is -1.59. The minimum atomic E-state index is -0.857. The second-order valence-corrected chi connectivity index (χ2v) is 5.01. The topological polar surface area (TPSA) is 89.6 Å². The largest absolute Gasteiger partial charge is 0.481 e. The third-order valence-corrected chi connectivity index (χ3v) is 3.47. The highest BCUT2D eigenvalue weighted by molar-refractivity contribution is 6.10. The van der Waals surface area contributed by atoms with Gasteiger partial charge >= 0.3 is 5.97 Å². The molecule has 0 radical (unpaired) electrons. The standard InChI is InChI=1S/C15H20ClNO4/c16-21-13-8-2-1-7-12(13)15(20)11(6-4-10-17)5-3-9-14(18)19/h1-2,7-8,11H,3-6,9-10,17H2,(H,18,19). The summed E-state index contributed by atoms with van der Waals surface area (Å²) in [5.41, 5.74) is 5.92. The van der Waals surface area contributed by atoms with Gasteiger partial charge in [0.25, 0.3) is 0 Å². The lowest BCUT2D eigenvalue weighted by molar-refractivity contribution is -0.137. The Morgan fingerprint density at radius 3 is 2.52 bits per heavy atom. The Balaban J connectivity index is 2.80. The van der Waals surface area contributed by atoms with Gasteiger partial charge in [-0.25, -0.2) is 0 Å². The van der Waals surface area contributed by atoms with Crippen LogP contribution in [0.2, 0.25) is 0 Å². The van der Waals surface area contributed by atoms with Crippen molar-refractivity contribution in [2.24, 2.45) is 11.7 Å². The maximum Gasteiger partial charge on any atom is 0.303 e. The first-order chi connectivity index (χ1) is 10.1. The van der Waals surface area contributed by atoms with Gasteiger partial charge in [-0.15, -0.1) is 0 Å². The van der Waals surface area contributed by atoms with Crippen molar-refractivity contribution in [2.75, 3.05) is 6.54 Å². The molecule has 5 nitrogen and oxygen atoms in total. The highest BCUT2D eigenvalue weighted by Gasteiger charge is 2.22. The third-order valence-electron chi connectivity index (χ3n) is 3.31. The molecular formula is C15H20ClNO4. The van der Waals surface area contributed by atoms with E-state index in [4.69, 9.17) is 27.0 Å². The number of aliphatic carboxylic acids is 1. The van der Waals surface area contributed by atoms with Crippen LogP contribution in [0.25, 0.3) is 0 Å². The third kappa shape index (κ3) is 5.73. The summed E-state index contributed by atoms with van der Waals surface area (Å²) >= 11 is 5.38. The van der Waals surface area contributed by atoms with E-state index in [0.717, 1.165) is 0 Å². The number of hydrogen-bond donors (Lipinski definition) is 2. The monoisotopic (exact) mass is 313 g/mol. The summed E-state index contributed by atoms with van der Waals surface area (Å²) in [6, 6.07) is 6.75. The van der Waals surface area contributed by atoms with Crippen LogP contribution in [0, 0.1) is 5.92 Å². The molecule has 1 rings (SSSR count). The van der Waals surface area contributed by atoms with Gasteiger partial charge in [0.1, 0.15) is 11.9 Å². The molecule has 0 saturated carbocycles. The maximum atomic E-state index is 12.6. The van der Waals surface area contributed by atoms with Gasteiger partial charge in [0, 0.05) is 12.3 Å². The SMILES string of the molecule is NCCCC(CCCC(=O)O)C(=O)c1ccccc1OCl. The van der Waals surface area contributed by atoms with Gasteiger partial charge in [-0.3, -0.25) is 9.59 Å². The van der Waals surface area contributed by atoms with E-state index >= 15 is 0 Å². The number of carboxylic acids is 1. The van der Waals surface area contributed by atoms with Crippen molar-refractivity contribution in [2.45, 2.75) is 32.1 Å². The van der Waals surface area contributed by atoms with Crippen LogP contribution in [0.15, 0.2) is 24.3 Å². The van der Waals surface area contributed by atoms with Crippen LogP contribution in [-0.2, 0) is 4.79 Å². The number of hydrogen-bond acceptors (Lipinski definition) is 4. The zero-order valence-electron chi connectivity index (χ0n) is 11.8. The minimum Gasteiger partial charge on any atom is -0.481 e. The molecule has 21 heavy (non-hydrogen) atoms. The molecule has 1 aromatic rings. The fraction of sp³-hybridized carbons (Fsp3) is 0.467. The molecule has 1 atom stereocenters. The van der Waals surface area contributed by atoms with Crippen molar-refractivity contribution >= 4 is 23.6 Å². The van der Waals surface area contributed by atoms with Gasteiger partial charge < -0.3 is 15.1 Å². The average molecular weight is 314 g/mol. The van der Waals surface area contributed by atoms with Crippen LogP contribution in [0.4, 0.5) is 0 Å². The molecule has 0 fully saturated rings. The first-order valence-corrected chi connectivity index (χ1v) is 7.24. The van der Waals surface area contributed by atoms with E-state index in [1.54, 1.807) is 24.3 Å². The van der Waals surface area contributed by atoms with E-state index in [1.165, 1.54) is 0 Å². The quantitative estimate of drug-likeness (QED) is 0.648. The van der Waals surface area contributed by atoms with Gasteiger partial charge in [-0.2, -0.15) is 0 Å². The second-order valence-electron chi connectivity index (χ2n) is 4.85. The van der Waals surface area contributed by atoms with Crippen LogP contribution in [0.5, 0.6) is 5.75 Å². The first kappa shape index (κ1) is 17.5. The van der Waals surface area contributed by atoms with Crippen LogP contribution in [0.1, 0.15) is 42.5 Å². The number of benzene rings is 1. The van der Waals surface area contributed by atoms with Gasteiger partial charge in [-0.1, -0.05) is 12.1 Å². The molecule has 0 saturated heterocycles. The van der Waals surface area contributed by atoms with Gasteiger partial charge in [0.2, 0.25) is 0 Å².